The Balaban J connectivity index is 1.49. The third-order valence-electron chi connectivity index (χ3n) is 5.32. The van der Waals surface area contributed by atoms with Crippen LogP contribution in [-0.4, -0.2) is 66.8 Å². The van der Waals surface area contributed by atoms with Crippen molar-refractivity contribution in [3.8, 4) is 0 Å². The lowest BCUT2D eigenvalue weighted by molar-refractivity contribution is -0.122. The first-order valence-electron chi connectivity index (χ1n) is 10.2. The number of nitrogens with one attached hydrogen (secondary N) is 2. The molecular weight excluding hydrogens is 416 g/mol. The Morgan fingerprint density at radius 2 is 1.65 bits per heavy atom. The number of likely N-dealkylation sites (N-methyl/N-ethyl adjacent to an activating group) is 1. The molecule has 0 bridgehead atoms. The van der Waals surface area contributed by atoms with Crippen molar-refractivity contribution in [3.63, 3.8) is 0 Å². The Morgan fingerprint density at radius 3 is 2.29 bits per heavy atom. The number of rotatable bonds is 6. The van der Waals surface area contributed by atoms with Gasteiger partial charge in [-0.25, -0.2) is 0 Å². The van der Waals surface area contributed by atoms with E-state index in [1.807, 2.05) is 24.1 Å². The minimum atomic E-state index is -0.721. The van der Waals surface area contributed by atoms with Crippen LogP contribution in [0.25, 0.3) is 0 Å². The number of hydrogen-bond donors (Lipinski definition) is 2. The van der Waals surface area contributed by atoms with Gasteiger partial charge in [-0.2, -0.15) is 0 Å². The highest BCUT2D eigenvalue weighted by Crippen LogP contribution is 2.15. The Morgan fingerprint density at radius 1 is 1.00 bits per heavy atom. The summed E-state index contributed by atoms with van der Waals surface area (Å²) in [6, 6.07) is 13.2. The van der Waals surface area contributed by atoms with Gasteiger partial charge in [0, 0.05) is 38.3 Å². The number of hydrogen-bond acceptors (Lipinski definition) is 4. The second-order valence-corrected chi connectivity index (χ2v) is 8.09. The zero-order valence-electron chi connectivity index (χ0n) is 17.7. The molecule has 7 nitrogen and oxygen atoms in total. The van der Waals surface area contributed by atoms with Crippen LogP contribution in [0, 0.1) is 0 Å². The average Bonchev–Trinajstić information content (AvgIpc) is 2.78. The van der Waals surface area contributed by atoms with Crippen molar-refractivity contribution in [2.45, 2.75) is 19.5 Å². The quantitative estimate of drug-likeness (QED) is 0.718. The maximum atomic E-state index is 12.6. The molecule has 0 spiro atoms. The third kappa shape index (κ3) is 6.06. The van der Waals surface area contributed by atoms with Crippen molar-refractivity contribution in [3.05, 3.63) is 70.2 Å². The summed E-state index contributed by atoms with van der Waals surface area (Å²) < 4.78 is 0. The van der Waals surface area contributed by atoms with Gasteiger partial charge in [-0.1, -0.05) is 35.9 Å². The Kier molecular flexibility index (Phi) is 7.65. The molecule has 3 rings (SSSR count). The zero-order valence-corrected chi connectivity index (χ0v) is 18.5. The van der Waals surface area contributed by atoms with E-state index in [1.165, 1.54) is 0 Å². The van der Waals surface area contributed by atoms with Crippen LogP contribution in [0.4, 0.5) is 0 Å². The smallest absolute Gasteiger partial charge is 0.253 e. The van der Waals surface area contributed by atoms with Gasteiger partial charge in [-0.3, -0.25) is 14.4 Å². The van der Waals surface area contributed by atoms with Gasteiger partial charge in [0.05, 0.1) is 10.6 Å². The molecule has 164 valence electrons. The van der Waals surface area contributed by atoms with Crippen molar-refractivity contribution in [1.29, 1.82) is 0 Å². The number of amides is 3. The first-order chi connectivity index (χ1) is 14.8. The molecular formula is C23H27ClN4O3. The molecule has 0 saturated carbocycles. The minimum absolute atomic E-state index is 0.0274. The maximum absolute atomic E-state index is 12.6. The lowest BCUT2D eigenvalue weighted by atomic mass is 10.1. The molecule has 1 fully saturated rings. The van der Waals surface area contributed by atoms with Crippen molar-refractivity contribution in [1.82, 2.24) is 20.4 Å². The van der Waals surface area contributed by atoms with E-state index in [0.29, 0.717) is 22.7 Å². The normalized spacial score (nSPS) is 15.3. The molecule has 8 heteroatoms. The van der Waals surface area contributed by atoms with Crippen molar-refractivity contribution >= 4 is 29.3 Å². The van der Waals surface area contributed by atoms with Gasteiger partial charge in [-0.05, 0) is 43.8 Å². The predicted octanol–water partition coefficient (Wildman–Crippen LogP) is 2.16. The number of halogens is 1. The summed E-state index contributed by atoms with van der Waals surface area (Å²) >= 11 is 6.02. The van der Waals surface area contributed by atoms with Crippen LogP contribution in [0.3, 0.4) is 0 Å². The average molecular weight is 443 g/mol. The van der Waals surface area contributed by atoms with Gasteiger partial charge in [0.2, 0.25) is 5.91 Å². The first-order valence-corrected chi connectivity index (χ1v) is 10.6. The van der Waals surface area contributed by atoms with Crippen LogP contribution >= 0.6 is 11.6 Å². The summed E-state index contributed by atoms with van der Waals surface area (Å²) in [5, 5.41) is 5.78. The Bertz CT molecular complexity index is 940. The SMILES string of the molecule is CC(NC(=O)c1ccccc1Cl)C(=O)NCc1ccc(C(=O)N2CCN(C)CC2)cc1. The lowest BCUT2D eigenvalue weighted by Gasteiger charge is -2.32. The highest BCUT2D eigenvalue weighted by atomic mass is 35.5. The predicted molar refractivity (Wildman–Crippen MR) is 120 cm³/mol. The number of benzene rings is 2. The van der Waals surface area contributed by atoms with Crippen molar-refractivity contribution < 1.29 is 14.4 Å². The number of piperazine rings is 1. The van der Waals surface area contributed by atoms with E-state index in [1.54, 1.807) is 43.3 Å². The summed E-state index contributed by atoms with van der Waals surface area (Å²) in [4.78, 5) is 41.3. The molecule has 1 aliphatic heterocycles. The topological polar surface area (TPSA) is 81.8 Å². The standard InChI is InChI=1S/C23H27ClN4O3/c1-16(26-22(30)19-5-3-4-6-20(19)24)21(29)25-15-17-7-9-18(10-8-17)23(31)28-13-11-27(2)12-14-28/h3-10,16H,11-15H2,1-2H3,(H,25,29)(H,26,30). The number of carbonyl (C=O) groups is 3. The third-order valence-corrected chi connectivity index (χ3v) is 5.65. The second kappa shape index (κ2) is 10.4. The Labute approximate surface area is 187 Å². The fraction of sp³-hybridized carbons (Fsp3) is 0.348. The number of nitrogens with zero attached hydrogens (tertiary/aromatic N) is 2. The van der Waals surface area contributed by atoms with Gasteiger partial charge in [-0.15, -0.1) is 0 Å². The molecule has 1 unspecified atom stereocenters. The molecule has 1 aliphatic rings. The molecule has 1 heterocycles. The van der Waals surface area contributed by atoms with Crippen molar-refractivity contribution in [2.75, 3.05) is 33.2 Å². The van der Waals surface area contributed by atoms with Gasteiger partial charge >= 0.3 is 0 Å². The molecule has 1 saturated heterocycles. The van der Waals surface area contributed by atoms with E-state index < -0.39 is 11.9 Å². The van der Waals surface area contributed by atoms with Crippen LogP contribution in [0.1, 0.15) is 33.2 Å². The molecule has 0 aromatic heterocycles. The highest BCUT2D eigenvalue weighted by Gasteiger charge is 2.21. The summed E-state index contributed by atoms with van der Waals surface area (Å²) in [6.45, 7) is 5.12. The summed E-state index contributed by atoms with van der Waals surface area (Å²) in [7, 11) is 2.05. The van der Waals surface area contributed by atoms with Gasteiger partial charge < -0.3 is 20.4 Å². The van der Waals surface area contributed by atoms with Gasteiger partial charge in [0.15, 0.2) is 0 Å². The van der Waals surface area contributed by atoms with Crippen LogP contribution in [0.2, 0.25) is 5.02 Å². The molecule has 0 radical (unpaired) electrons. The monoisotopic (exact) mass is 442 g/mol. The van der Waals surface area contributed by atoms with Crippen molar-refractivity contribution in [2.24, 2.45) is 0 Å². The van der Waals surface area contributed by atoms with Crippen LogP contribution < -0.4 is 10.6 Å². The Hall–Kier alpha value is -2.90. The van der Waals surface area contributed by atoms with E-state index in [9.17, 15) is 14.4 Å². The van der Waals surface area contributed by atoms with Crippen LogP contribution in [0.5, 0.6) is 0 Å². The van der Waals surface area contributed by atoms with Gasteiger partial charge in [0.25, 0.3) is 11.8 Å². The first kappa shape index (κ1) is 22.8. The highest BCUT2D eigenvalue weighted by molar-refractivity contribution is 6.33. The number of carbonyl (C=O) groups excluding carboxylic acids is 3. The van der Waals surface area contributed by atoms with Crippen LogP contribution in [-0.2, 0) is 11.3 Å². The van der Waals surface area contributed by atoms with E-state index in [2.05, 4.69) is 15.5 Å². The maximum Gasteiger partial charge on any atom is 0.253 e. The fourth-order valence-corrected chi connectivity index (χ4v) is 3.51. The molecule has 2 N–H and O–H groups in total. The fourth-order valence-electron chi connectivity index (χ4n) is 3.28. The summed E-state index contributed by atoms with van der Waals surface area (Å²) in [6.07, 6.45) is 0. The summed E-state index contributed by atoms with van der Waals surface area (Å²) in [5.41, 5.74) is 1.83. The van der Waals surface area contributed by atoms with E-state index in [4.69, 9.17) is 11.6 Å². The summed E-state index contributed by atoms with van der Waals surface area (Å²) in [5.74, 6) is -0.683. The van der Waals surface area contributed by atoms with E-state index >= 15 is 0 Å². The molecule has 31 heavy (non-hydrogen) atoms. The van der Waals surface area contributed by atoms with E-state index in [-0.39, 0.29) is 11.8 Å². The lowest BCUT2D eigenvalue weighted by Crippen LogP contribution is -2.47. The van der Waals surface area contributed by atoms with Crippen LogP contribution in [0.15, 0.2) is 48.5 Å². The zero-order chi connectivity index (χ0) is 22.4. The van der Waals surface area contributed by atoms with E-state index in [0.717, 1.165) is 31.7 Å². The molecule has 0 aliphatic carbocycles. The second-order valence-electron chi connectivity index (χ2n) is 7.69. The molecule has 3 amide bonds. The molecule has 1 atom stereocenters. The largest absolute Gasteiger partial charge is 0.350 e. The minimum Gasteiger partial charge on any atom is -0.350 e. The molecule has 2 aromatic carbocycles. The van der Waals surface area contributed by atoms with Gasteiger partial charge in [0.1, 0.15) is 6.04 Å². The molecule has 2 aromatic rings.